The minimum atomic E-state index is -0.0925. The van der Waals surface area contributed by atoms with Crippen molar-refractivity contribution in [3.63, 3.8) is 0 Å². The van der Waals surface area contributed by atoms with E-state index in [4.69, 9.17) is 0 Å². The van der Waals surface area contributed by atoms with Gasteiger partial charge in [0.25, 0.3) is 0 Å². The van der Waals surface area contributed by atoms with E-state index in [0.717, 1.165) is 42.9 Å². The Morgan fingerprint density at radius 1 is 0.885 bits per heavy atom. The molecule has 2 nitrogen and oxygen atoms in total. The summed E-state index contributed by atoms with van der Waals surface area (Å²) in [7, 11) is 0. The topological polar surface area (TPSA) is 20.3 Å². The van der Waals surface area contributed by atoms with Crippen molar-refractivity contribution in [1.82, 2.24) is 4.90 Å². The van der Waals surface area contributed by atoms with Crippen LogP contribution in [0.2, 0.25) is 0 Å². The third-order valence-corrected chi connectivity index (χ3v) is 8.88. The molecule has 2 saturated heterocycles. The first-order valence-electron chi connectivity index (χ1n) is 11.1. The van der Waals surface area contributed by atoms with Crippen LogP contribution in [-0.2, 0) is 11.2 Å². The van der Waals surface area contributed by atoms with Crippen molar-refractivity contribution in [2.75, 3.05) is 0 Å². The van der Waals surface area contributed by atoms with Gasteiger partial charge in [0.2, 0.25) is 5.91 Å². The second-order valence-electron chi connectivity index (χ2n) is 10.3. The highest BCUT2D eigenvalue weighted by atomic mass is 16.2. The van der Waals surface area contributed by atoms with Crippen LogP contribution in [0.5, 0.6) is 0 Å². The van der Waals surface area contributed by atoms with Gasteiger partial charge in [0.05, 0.1) is 5.41 Å². The zero-order valence-corrected chi connectivity index (χ0v) is 15.8. The van der Waals surface area contributed by atoms with Gasteiger partial charge in [0.1, 0.15) is 0 Å². The molecule has 0 radical (unpaired) electrons. The van der Waals surface area contributed by atoms with Crippen molar-refractivity contribution in [3.8, 4) is 0 Å². The third-order valence-electron chi connectivity index (χ3n) is 8.88. The smallest absolute Gasteiger partial charge is 0.229 e. The van der Waals surface area contributed by atoms with Gasteiger partial charge in [0, 0.05) is 12.1 Å². The van der Waals surface area contributed by atoms with Crippen LogP contribution < -0.4 is 0 Å². The molecule has 1 amide bonds. The van der Waals surface area contributed by atoms with Crippen LogP contribution >= 0.6 is 0 Å². The van der Waals surface area contributed by atoms with E-state index in [2.05, 4.69) is 35.2 Å². The standard InChI is InChI=1S/C24H31NO/c26-23-24(15-16-4-2-1-3-5-16)8-6-21(7-9-24)25(23)22-19-11-17-10-18(13-19)14-20(22)12-17/h1-5,17-22H,6-15H2. The van der Waals surface area contributed by atoms with E-state index in [9.17, 15) is 4.79 Å². The Bertz CT molecular complexity index is 674. The maximum Gasteiger partial charge on any atom is 0.229 e. The molecule has 2 aliphatic heterocycles. The number of fused-ring (bicyclic) bond motifs is 4. The molecule has 0 spiro atoms. The number of rotatable bonds is 3. The molecule has 6 bridgehead atoms. The lowest BCUT2D eigenvalue weighted by molar-refractivity contribution is -0.176. The lowest BCUT2D eigenvalue weighted by atomic mass is 9.52. The van der Waals surface area contributed by atoms with Gasteiger partial charge in [-0.05, 0) is 93.4 Å². The lowest BCUT2D eigenvalue weighted by Crippen LogP contribution is -2.67. The summed E-state index contributed by atoms with van der Waals surface area (Å²) < 4.78 is 0. The summed E-state index contributed by atoms with van der Waals surface area (Å²) in [6.07, 6.45) is 12.9. The van der Waals surface area contributed by atoms with E-state index >= 15 is 0 Å². The molecule has 8 rings (SSSR count). The van der Waals surface area contributed by atoms with E-state index in [1.165, 1.54) is 50.5 Å². The van der Waals surface area contributed by atoms with Gasteiger partial charge in [-0.2, -0.15) is 0 Å². The maximum absolute atomic E-state index is 13.9. The number of carbonyl (C=O) groups excluding carboxylic acids is 1. The van der Waals surface area contributed by atoms with Crippen molar-refractivity contribution in [2.45, 2.75) is 76.3 Å². The summed E-state index contributed by atoms with van der Waals surface area (Å²) in [6, 6.07) is 11.9. The molecular formula is C24H31NO. The van der Waals surface area contributed by atoms with Crippen molar-refractivity contribution in [2.24, 2.45) is 29.1 Å². The maximum atomic E-state index is 13.9. The van der Waals surface area contributed by atoms with E-state index in [0.29, 0.717) is 18.0 Å². The number of carbonyl (C=O) groups is 1. The van der Waals surface area contributed by atoms with Crippen LogP contribution in [0.3, 0.4) is 0 Å². The van der Waals surface area contributed by atoms with Crippen molar-refractivity contribution >= 4 is 5.91 Å². The van der Waals surface area contributed by atoms with Gasteiger partial charge in [-0.15, -0.1) is 0 Å². The van der Waals surface area contributed by atoms with Crippen molar-refractivity contribution < 1.29 is 4.79 Å². The fourth-order valence-electron chi connectivity index (χ4n) is 8.06. The minimum absolute atomic E-state index is 0.0925. The van der Waals surface area contributed by atoms with Crippen LogP contribution in [0, 0.1) is 29.1 Å². The zero-order valence-electron chi connectivity index (χ0n) is 15.8. The highest BCUT2D eigenvalue weighted by Crippen LogP contribution is 2.58. The predicted molar refractivity (Wildman–Crippen MR) is 103 cm³/mol. The summed E-state index contributed by atoms with van der Waals surface area (Å²) in [4.78, 5) is 16.4. The largest absolute Gasteiger partial charge is 0.336 e. The second-order valence-corrected chi connectivity index (χ2v) is 10.3. The lowest BCUT2D eigenvalue weighted by Gasteiger charge is -2.62. The Kier molecular flexibility index (Phi) is 3.38. The summed E-state index contributed by atoms with van der Waals surface area (Å²) in [5.74, 6) is 4.17. The molecule has 5 aliphatic carbocycles. The minimum Gasteiger partial charge on any atom is -0.336 e. The van der Waals surface area contributed by atoms with Gasteiger partial charge in [-0.3, -0.25) is 4.79 Å². The molecule has 0 unspecified atom stereocenters. The summed E-state index contributed by atoms with van der Waals surface area (Å²) in [5.41, 5.74) is 1.26. The molecule has 0 aromatic heterocycles. The first-order valence-corrected chi connectivity index (χ1v) is 11.1. The molecule has 5 saturated carbocycles. The summed E-state index contributed by atoms with van der Waals surface area (Å²) in [5, 5.41) is 0. The van der Waals surface area contributed by atoms with Crippen LogP contribution in [-0.4, -0.2) is 22.9 Å². The van der Waals surface area contributed by atoms with Crippen molar-refractivity contribution in [3.05, 3.63) is 35.9 Å². The fourth-order valence-corrected chi connectivity index (χ4v) is 8.06. The number of amides is 1. The van der Waals surface area contributed by atoms with Gasteiger partial charge >= 0.3 is 0 Å². The van der Waals surface area contributed by atoms with E-state index in [-0.39, 0.29) is 5.41 Å². The van der Waals surface area contributed by atoms with Crippen LogP contribution in [0.1, 0.15) is 63.4 Å². The first kappa shape index (κ1) is 15.7. The molecule has 7 fully saturated rings. The molecule has 1 aromatic rings. The quantitative estimate of drug-likeness (QED) is 0.766. The molecule has 7 aliphatic rings. The third kappa shape index (κ3) is 2.20. The molecular weight excluding hydrogens is 318 g/mol. The van der Waals surface area contributed by atoms with Crippen LogP contribution in [0.15, 0.2) is 30.3 Å². The first-order chi connectivity index (χ1) is 12.7. The number of nitrogens with zero attached hydrogens (tertiary/aromatic N) is 1. The number of hydrogen-bond acceptors (Lipinski definition) is 1. The molecule has 1 aromatic carbocycles. The number of piperidine rings is 2. The van der Waals surface area contributed by atoms with Gasteiger partial charge in [-0.25, -0.2) is 0 Å². The van der Waals surface area contributed by atoms with Crippen molar-refractivity contribution in [1.29, 1.82) is 0 Å². The Hall–Kier alpha value is -1.31. The number of hydrogen-bond donors (Lipinski definition) is 0. The summed E-state index contributed by atoms with van der Waals surface area (Å²) in [6.45, 7) is 0. The average Bonchev–Trinajstić information content (AvgIpc) is 2.65. The van der Waals surface area contributed by atoms with E-state index in [1.807, 2.05) is 0 Å². The molecule has 0 N–H and O–H groups in total. The molecule has 2 heterocycles. The Labute approximate surface area is 157 Å². The van der Waals surface area contributed by atoms with Crippen LogP contribution in [0.4, 0.5) is 0 Å². The van der Waals surface area contributed by atoms with Gasteiger partial charge in [-0.1, -0.05) is 30.3 Å². The van der Waals surface area contributed by atoms with Gasteiger partial charge < -0.3 is 4.90 Å². The molecule has 26 heavy (non-hydrogen) atoms. The average molecular weight is 350 g/mol. The Morgan fingerprint density at radius 3 is 2.12 bits per heavy atom. The molecule has 138 valence electrons. The monoisotopic (exact) mass is 349 g/mol. The van der Waals surface area contributed by atoms with Gasteiger partial charge in [0.15, 0.2) is 0 Å². The predicted octanol–water partition coefficient (Wildman–Crippen LogP) is 4.83. The zero-order chi connectivity index (χ0) is 17.3. The fraction of sp³-hybridized carbons (Fsp3) is 0.708. The summed E-state index contributed by atoms with van der Waals surface area (Å²) >= 11 is 0. The molecule has 2 heteroatoms. The van der Waals surface area contributed by atoms with Crippen LogP contribution in [0.25, 0.3) is 0 Å². The van der Waals surface area contributed by atoms with E-state index < -0.39 is 0 Å². The highest BCUT2D eigenvalue weighted by molar-refractivity contribution is 5.85. The second kappa shape index (κ2) is 5.59. The Morgan fingerprint density at radius 2 is 1.50 bits per heavy atom. The van der Waals surface area contributed by atoms with E-state index in [1.54, 1.807) is 0 Å². The highest BCUT2D eigenvalue weighted by Gasteiger charge is 2.58. The normalized spacial score (nSPS) is 46.2. The number of benzene rings is 1. The SMILES string of the molecule is O=C1N(C2C3CC4CC(C3)CC2C4)C2CCC1(Cc1ccccc1)CC2. The molecule has 0 atom stereocenters. The Balaban J connectivity index is 1.31.